The Kier molecular flexibility index (Phi) is 5.55. The van der Waals surface area contributed by atoms with Crippen LogP contribution in [-0.4, -0.2) is 42.4 Å². The van der Waals surface area contributed by atoms with Gasteiger partial charge in [0.1, 0.15) is 0 Å². The Morgan fingerprint density at radius 3 is 2.88 bits per heavy atom. The van der Waals surface area contributed by atoms with Crippen LogP contribution in [0.5, 0.6) is 0 Å². The molecule has 1 aliphatic heterocycles. The van der Waals surface area contributed by atoms with Gasteiger partial charge in [-0.05, 0) is 18.8 Å². The molecule has 3 N–H and O–H groups in total. The molecule has 1 aliphatic rings. The zero-order valence-electron chi connectivity index (χ0n) is 10.1. The smallest absolute Gasteiger partial charge is 0.312 e. The van der Waals surface area contributed by atoms with Gasteiger partial charge in [0.25, 0.3) is 0 Å². The summed E-state index contributed by atoms with van der Waals surface area (Å²) < 4.78 is 0. The van der Waals surface area contributed by atoms with Gasteiger partial charge in [-0.15, -0.1) is 11.6 Å². The molecular formula is C11H20ClN3O2. The van der Waals surface area contributed by atoms with Gasteiger partial charge in [0, 0.05) is 31.4 Å². The van der Waals surface area contributed by atoms with Crippen LogP contribution in [0.3, 0.4) is 0 Å². The minimum absolute atomic E-state index is 0.101. The summed E-state index contributed by atoms with van der Waals surface area (Å²) in [5, 5.41) is 2.59. The first-order chi connectivity index (χ1) is 8.04. The molecule has 0 spiro atoms. The molecule has 1 rings (SSSR count). The fourth-order valence-corrected chi connectivity index (χ4v) is 2.19. The number of piperidine rings is 1. The van der Waals surface area contributed by atoms with E-state index in [1.54, 1.807) is 0 Å². The number of carbonyl (C=O) groups is 2. The monoisotopic (exact) mass is 261 g/mol. The Bertz CT molecular complexity index is 286. The Labute approximate surface area is 107 Å². The van der Waals surface area contributed by atoms with Crippen LogP contribution < -0.4 is 11.1 Å². The van der Waals surface area contributed by atoms with E-state index in [4.69, 9.17) is 17.3 Å². The molecule has 98 valence electrons. The maximum absolute atomic E-state index is 11.9. The molecule has 0 aromatic rings. The molecule has 1 fully saturated rings. The van der Waals surface area contributed by atoms with E-state index >= 15 is 0 Å². The highest BCUT2D eigenvalue weighted by Gasteiger charge is 2.26. The molecule has 5 nitrogen and oxygen atoms in total. The zero-order valence-corrected chi connectivity index (χ0v) is 10.9. The largest absolute Gasteiger partial charge is 0.352 e. The minimum atomic E-state index is -0.512. The van der Waals surface area contributed by atoms with Gasteiger partial charge in [-0.25, -0.2) is 4.79 Å². The van der Waals surface area contributed by atoms with Crippen molar-refractivity contribution in [2.45, 2.75) is 19.8 Å². The van der Waals surface area contributed by atoms with E-state index in [0.29, 0.717) is 24.9 Å². The molecule has 1 heterocycles. The molecular weight excluding hydrogens is 242 g/mol. The molecule has 0 bridgehead atoms. The van der Waals surface area contributed by atoms with Crippen molar-refractivity contribution in [1.82, 2.24) is 10.2 Å². The molecule has 1 saturated heterocycles. The summed E-state index contributed by atoms with van der Waals surface area (Å²) in [6.07, 6.45) is 1.98. The van der Waals surface area contributed by atoms with E-state index in [-0.39, 0.29) is 11.8 Å². The predicted octanol–water partition coefficient (Wildman–Crippen LogP) is 0.768. The van der Waals surface area contributed by atoms with E-state index in [2.05, 4.69) is 5.32 Å². The van der Waals surface area contributed by atoms with Gasteiger partial charge in [0.05, 0.1) is 0 Å². The van der Waals surface area contributed by atoms with Gasteiger partial charge in [0.15, 0.2) is 0 Å². The molecule has 0 aliphatic carbocycles. The number of nitrogens with one attached hydrogen (secondary N) is 1. The number of alkyl halides is 1. The Balaban J connectivity index is 2.43. The van der Waals surface area contributed by atoms with Crippen molar-refractivity contribution in [3.63, 3.8) is 0 Å². The Morgan fingerprint density at radius 2 is 2.29 bits per heavy atom. The maximum Gasteiger partial charge on any atom is 0.312 e. The highest BCUT2D eigenvalue weighted by Crippen LogP contribution is 2.18. The van der Waals surface area contributed by atoms with Crippen LogP contribution >= 0.6 is 11.6 Å². The normalized spacial score (nSPS) is 22.0. The standard InChI is InChI=1S/C11H20ClN3O2/c1-8(5-12)10(16)15-4-2-3-9(7-15)6-14-11(13)17/h8-9H,2-7H2,1H3,(H3,13,14,17). The van der Waals surface area contributed by atoms with Gasteiger partial charge in [0.2, 0.25) is 5.91 Å². The summed E-state index contributed by atoms with van der Waals surface area (Å²) in [5.41, 5.74) is 5.03. The van der Waals surface area contributed by atoms with Gasteiger partial charge < -0.3 is 16.0 Å². The van der Waals surface area contributed by atoms with Crippen LogP contribution in [0.4, 0.5) is 4.79 Å². The number of primary amides is 1. The fourth-order valence-electron chi connectivity index (χ4n) is 2.05. The number of carbonyl (C=O) groups excluding carboxylic acids is 2. The molecule has 0 radical (unpaired) electrons. The summed E-state index contributed by atoms with van der Waals surface area (Å²) in [6, 6.07) is -0.512. The summed E-state index contributed by atoms with van der Waals surface area (Å²) in [5.74, 6) is 0.602. The number of hydrogen-bond acceptors (Lipinski definition) is 2. The molecule has 2 unspecified atom stereocenters. The van der Waals surface area contributed by atoms with Crippen molar-refractivity contribution in [3.8, 4) is 0 Å². The van der Waals surface area contributed by atoms with E-state index in [0.717, 1.165) is 19.4 Å². The summed E-state index contributed by atoms with van der Waals surface area (Å²) in [4.78, 5) is 24.4. The lowest BCUT2D eigenvalue weighted by Gasteiger charge is -2.34. The zero-order chi connectivity index (χ0) is 12.8. The number of halogens is 1. The lowest BCUT2D eigenvalue weighted by atomic mass is 9.97. The van der Waals surface area contributed by atoms with Crippen molar-refractivity contribution in [2.24, 2.45) is 17.6 Å². The van der Waals surface area contributed by atoms with Gasteiger partial charge in [-0.3, -0.25) is 4.79 Å². The second kappa shape index (κ2) is 6.69. The topological polar surface area (TPSA) is 75.4 Å². The first-order valence-corrected chi connectivity index (χ1v) is 6.46. The molecule has 17 heavy (non-hydrogen) atoms. The third-order valence-corrected chi connectivity index (χ3v) is 3.51. The first kappa shape index (κ1) is 14.1. The van der Waals surface area contributed by atoms with Crippen LogP contribution in [0.2, 0.25) is 0 Å². The minimum Gasteiger partial charge on any atom is -0.352 e. The molecule has 0 aromatic heterocycles. The van der Waals surface area contributed by atoms with Crippen molar-refractivity contribution >= 4 is 23.5 Å². The lowest BCUT2D eigenvalue weighted by molar-refractivity contribution is -0.136. The third kappa shape index (κ3) is 4.42. The van der Waals surface area contributed by atoms with E-state index in [9.17, 15) is 9.59 Å². The Hall–Kier alpha value is -0.970. The van der Waals surface area contributed by atoms with Crippen molar-refractivity contribution < 1.29 is 9.59 Å². The highest BCUT2D eigenvalue weighted by molar-refractivity contribution is 6.19. The highest BCUT2D eigenvalue weighted by atomic mass is 35.5. The molecule has 6 heteroatoms. The molecule has 3 amide bonds. The number of amides is 3. The average Bonchev–Trinajstić information content (AvgIpc) is 2.34. The number of likely N-dealkylation sites (tertiary alicyclic amines) is 1. The Morgan fingerprint density at radius 1 is 1.59 bits per heavy atom. The fraction of sp³-hybridized carbons (Fsp3) is 0.818. The third-order valence-electron chi connectivity index (χ3n) is 3.05. The maximum atomic E-state index is 11.9. The summed E-state index contributed by atoms with van der Waals surface area (Å²) >= 11 is 5.68. The van der Waals surface area contributed by atoms with Crippen molar-refractivity contribution in [1.29, 1.82) is 0 Å². The summed E-state index contributed by atoms with van der Waals surface area (Å²) in [7, 11) is 0. The van der Waals surface area contributed by atoms with Crippen LogP contribution in [-0.2, 0) is 4.79 Å². The number of hydrogen-bond donors (Lipinski definition) is 2. The number of urea groups is 1. The van der Waals surface area contributed by atoms with Gasteiger partial charge in [-0.2, -0.15) is 0 Å². The average molecular weight is 262 g/mol. The molecule has 0 aromatic carbocycles. The van der Waals surface area contributed by atoms with Gasteiger partial charge in [-0.1, -0.05) is 6.92 Å². The van der Waals surface area contributed by atoms with E-state index in [1.807, 2.05) is 11.8 Å². The quantitative estimate of drug-likeness (QED) is 0.734. The summed E-state index contributed by atoms with van der Waals surface area (Å²) in [6.45, 7) is 3.84. The molecule has 2 atom stereocenters. The number of rotatable bonds is 4. The van der Waals surface area contributed by atoms with Crippen molar-refractivity contribution in [2.75, 3.05) is 25.5 Å². The van der Waals surface area contributed by atoms with E-state index in [1.165, 1.54) is 0 Å². The predicted molar refractivity (Wildman–Crippen MR) is 66.8 cm³/mol. The van der Waals surface area contributed by atoms with Crippen LogP contribution in [0, 0.1) is 11.8 Å². The van der Waals surface area contributed by atoms with Crippen molar-refractivity contribution in [3.05, 3.63) is 0 Å². The van der Waals surface area contributed by atoms with Crippen LogP contribution in [0.25, 0.3) is 0 Å². The van der Waals surface area contributed by atoms with Gasteiger partial charge >= 0.3 is 6.03 Å². The number of nitrogens with zero attached hydrogens (tertiary/aromatic N) is 1. The lowest BCUT2D eigenvalue weighted by Crippen LogP contribution is -2.46. The molecule has 0 saturated carbocycles. The number of nitrogens with two attached hydrogens (primary N) is 1. The van der Waals surface area contributed by atoms with Crippen LogP contribution in [0.15, 0.2) is 0 Å². The first-order valence-electron chi connectivity index (χ1n) is 5.92. The second-order valence-electron chi connectivity index (χ2n) is 4.59. The SMILES string of the molecule is CC(CCl)C(=O)N1CCCC(CNC(N)=O)C1. The van der Waals surface area contributed by atoms with Crippen LogP contribution in [0.1, 0.15) is 19.8 Å². The second-order valence-corrected chi connectivity index (χ2v) is 4.90. The van der Waals surface area contributed by atoms with E-state index < -0.39 is 6.03 Å².